The van der Waals surface area contributed by atoms with Gasteiger partial charge in [-0.05, 0) is 37.0 Å². The molecule has 1 saturated heterocycles. The van der Waals surface area contributed by atoms with Crippen molar-refractivity contribution in [3.63, 3.8) is 0 Å². The average molecular weight is 257 g/mol. The van der Waals surface area contributed by atoms with Gasteiger partial charge in [0.25, 0.3) is 5.91 Å². The first-order chi connectivity index (χ1) is 9.16. The highest BCUT2D eigenvalue weighted by molar-refractivity contribution is 5.98. The van der Waals surface area contributed by atoms with Crippen molar-refractivity contribution in [1.29, 1.82) is 0 Å². The Morgan fingerprint density at radius 2 is 2.21 bits per heavy atom. The van der Waals surface area contributed by atoms with Crippen LogP contribution < -0.4 is 0 Å². The molecular formula is C14H15N3O2. The molecule has 1 aliphatic heterocycles. The first kappa shape index (κ1) is 11.0. The van der Waals surface area contributed by atoms with Crippen LogP contribution in [0.5, 0.6) is 0 Å². The maximum Gasteiger partial charge on any atom is 0.254 e. The van der Waals surface area contributed by atoms with E-state index in [1.54, 1.807) is 17.2 Å². The molecule has 0 unspecified atom stereocenters. The molecular weight excluding hydrogens is 242 g/mol. The van der Waals surface area contributed by atoms with Crippen molar-refractivity contribution in [2.45, 2.75) is 18.4 Å². The monoisotopic (exact) mass is 257 g/mol. The van der Waals surface area contributed by atoms with Crippen LogP contribution in [0.3, 0.4) is 0 Å². The molecule has 0 spiro atoms. The van der Waals surface area contributed by atoms with Crippen LogP contribution in [0.15, 0.2) is 24.4 Å². The van der Waals surface area contributed by atoms with Crippen LogP contribution in [0.2, 0.25) is 0 Å². The van der Waals surface area contributed by atoms with E-state index in [0.717, 1.165) is 23.7 Å². The maximum absolute atomic E-state index is 12.3. The summed E-state index contributed by atoms with van der Waals surface area (Å²) in [6.45, 7) is 0.944. The number of nitrogens with one attached hydrogen (secondary N) is 1. The van der Waals surface area contributed by atoms with Crippen LogP contribution in [0, 0.1) is 5.92 Å². The third kappa shape index (κ3) is 1.65. The highest BCUT2D eigenvalue weighted by Gasteiger charge is 2.53. The van der Waals surface area contributed by atoms with E-state index < -0.39 is 5.60 Å². The van der Waals surface area contributed by atoms with Gasteiger partial charge in [-0.3, -0.25) is 9.89 Å². The number of carbonyl (C=O) groups excluding carboxylic acids is 1. The molecule has 2 N–H and O–H groups in total. The molecule has 1 aliphatic carbocycles. The number of aromatic nitrogens is 2. The van der Waals surface area contributed by atoms with Gasteiger partial charge in [-0.15, -0.1) is 0 Å². The van der Waals surface area contributed by atoms with Crippen LogP contribution in [0.4, 0.5) is 0 Å². The Hall–Kier alpha value is -1.88. The minimum Gasteiger partial charge on any atom is -0.386 e. The van der Waals surface area contributed by atoms with E-state index in [1.807, 2.05) is 12.1 Å². The Morgan fingerprint density at radius 1 is 1.42 bits per heavy atom. The summed E-state index contributed by atoms with van der Waals surface area (Å²) in [6, 6.07) is 5.51. The van der Waals surface area contributed by atoms with Crippen molar-refractivity contribution >= 4 is 16.8 Å². The number of benzene rings is 1. The zero-order valence-electron chi connectivity index (χ0n) is 10.5. The van der Waals surface area contributed by atoms with Gasteiger partial charge in [-0.1, -0.05) is 0 Å². The highest BCUT2D eigenvalue weighted by Crippen LogP contribution is 2.44. The van der Waals surface area contributed by atoms with E-state index in [2.05, 4.69) is 10.2 Å². The molecule has 1 saturated carbocycles. The zero-order valence-corrected chi connectivity index (χ0v) is 10.5. The van der Waals surface area contributed by atoms with Gasteiger partial charge < -0.3 is 10.0 Å². The van der Waals surface area contributed by atoms with Gasteiger partial charge in [-0.2, -0.15) is 5.10 Å². The predicted octanol–water partition coefficient (Wildman–Crippen LogP) is 1.16. The van der Waals surface area contributed by atoms with Crippen LogP contribution in [0.1, 0.15) is 23.2 Å². The topological polar surface area (TPSA) is 69.2 Å². The number of hydrogen-bond acceptors (Lipinski definition) is 3. The number of amides is 1. The third-order valence-corrected chi connectivity index (χ3v) is 4.24. The number of H-pyrrole nitrogens is 1. The van der Waals surface area contributed by atoms with E-state index in [0.29, 0.717) is 24.6 Å². The number of aromatic amines is 1. The summed E-state index contributed by atoms with van der Waals surface area (Å²) in [5, 5.41) is 18.0. The van der Waals surface area contributed by atoms with Crippen molar-refractivity contribution < 1.29 is 9.90 Å². The summed E-state index contributed by atoms with van der Waals surface area (Å²) in [5.74, 6) is 0.404. The number of carbonyl (C=O) groups is 1. The summed E-state index contributed by atoms with van der Waals surface area (Å²) in [5.41, 5.74) is 0.969. The lowest BCUT2D eigenvalue weighted by molar-refractivity contribution is -0.0958. The van der Waals surface area contributed by atoms with Crippen LogP contribution in [0.25, 0.3) is 10.9 Å². The largest absolute Gasteiger partial charge is 0.386 e. The minimum atomic E-state index is -0.616. The summed E-state index contributed by atoms with van der Waals surface area (Å²) < 4.78 is 0. The van der Waals surface area contributed by atoms with E-state index >= 15 is 0 Å². The van der Waals surface area contributed by atoms with Gasteiger partial charge in [-0.25, -0.2) is 0 Å². The van der Waals surface area contributed by atoms with E-state index in [4.69, 9.17) is 0 Å². The van der Waals surface area contributed by atoms with Gasteiger partial charge in [0.1, 0.15) is 5.60 Å². The Kier molecular flexibility index (Phi) is 2.07. The molecule has 5 heteroatoms. The van der Waals surface area contributed by atoms with Crippen molar-refractivity contribution in [2.75, 3.05) is 13.1 Å². The van der Waals surface area contributed by atoms with Crippen molar-refractivity contribution in [3.05, 3.63) is 30.0 Å². The second kappa shape index (κ2) is 3.57. The van der Waals surface area contributed by atoms with E-state index in [1.165, 1.54) is 0 Å². The van der Waals surface area contributed by atoms with E-state index in [-0.39, 0.29) is 5.91 Å². The third-order valence-electron chi connectivity index (χ3n) is 4.24. The van der Waals surface area contributed by atoms with Crippen LogP contribution in [-0.4, -0.2) is 44.8 Å². The molecule has 4 rings (SSSR count). The summed E-state index contributed by atoms with van der Waals surface area (Å²) in [7, 11) is 0. The summed E-state index contributed by atoms with van der Waals surface area (Å²) in [4.78, 5) is 14.0. The average Bonchev–Trinajstić information content (AvgIpc) is 3.12. The standard InChI is InChI=1S/C14H15N3O2/c18-13(17-7-14(19,8-17)11-2-3-11)9-1-4-12-10(5-9)6-15-16-12/h1,4-6,11,19H,2-3,7-8H2,(H,15,16). The summed E-state index contributed by atoms with van der Waals surface area (Å²) >= 11 is 0. The Balaban J connectivity index is 1.54. The van der Waals surface area contributed by atoms with Gasteiger partial charge >= 0.3 is 0 Å². The smallest absolute Gasteiger partial charge is 0.254 e. The zero-order chi connectivity index (χ0) is 13.0. The molecule has 2 heterocycles. The van der Waals surface area contributed by atoms with Crippen molar-refractivity contribution in [1.82, 2.24) is 15.1 Å². The number of nitrogens with zero attached hydrogens (tertiary/aromatic N) is 2. The van der Waals surface area contributed by atoms with Gasteiger partial charge in [0.05, 0.1) is 24.8 Å². The fourth-order valence-electron chi connectivity index (χ4n) is 2.90. The molecule has 0 bridgehead atoms. The fourth-order valence-corrected chi connectivity index (χ4v) is 2.90. The highest BCUT2D eigenvalue weighted by atomic mass is 16.3. The van der Waals surface area contributed by atoms with Crippen LogP contribution in [-0.2, 0) is 0 Å². The molecule has 2 fully saturated rings. The fraction of sp³-hybridized carbons (Fsp3) is 0.429. The number of rotatable bonds is 2. The Morgan fingerprint density at radius 3 is 2.95 bits per heavy atom. The molecule has 2 aromatic rings. The molecule has 1 amide bonds. The Bertz CT molecular complexity index is 654. The van der Waals surface area contributed by atoms with Gasteiger partial charge in [0.15, 0.2) is 0 Å². The number of aliphatic hydroxyl groups is 1. The second-order valence-corrected chi connectivity index (χ2v) is 5.71. The molecule has 2 aliphatic rings. The first-order valence-corrected chi connectivity index (χ1v) is 6.60. The van der Waals surface area contributed by atoms with Crippen molar-refractivity contribution in [3.8, 4) is 0 Å². The predicted molar refractivity (Wildman–Crippen MR) is 69.7 cm³/mol. The molecule has 19 heavy (non-hydrogen) atoms. The van der Waals surface area contributed by atoms with Gasteiger partial charge in [0, 0.05) is 10.9 Å². The maximum atomic E-state index is 12.3. The quantitative estimate of drug-likeness (QED) is 0.848. The first-order valence-electron chi connectivity index (χ1n) is 6.60. The minimum absolute atomic E-state index is 0.00609. The number of fused-ring (bicyclic) bond motifs is 1. The lowest BCUT2D eigenvalue weighted by atomic mass is 9.88. The molecule has 0 radical (unpaired) electrons. The summed E-state index contributed by atoms with van der Waals surface area (Å²) in [6.07, 6.45) is 3.90. The van der Waals surface area contributed by atoms with Gasteiger partial charge in [0.2, 0.25) is 0 Å². The molecule has 0 atom stereocenters. The second-order valence-electron chi connectivity index (χ2n) is 5.71. The SMILES string of the molecule is O=C(c1ccc2[nH]ncc2c1)N1CC(O)(C2CC2)C1. The number of likely N-dealkylation sites (tertiary alicyclic amines) is 1. The lowest BCUT2D eigenvalue weighted by Gasteiger charge is -2.47. The number of β-amino-alcohol motifs (C(OH)–C–C–N with tert-alkyl or cyclic N) is 1. The molecule has 1 aromatic carbocycles. The Labute approximate surface area is 110 Å². The van der Waals surface area contributed by atoms with Crippen LogP contribution >= 0.6 is 0 Å². The van der Waals surface area contributed by atoms with E-state index in [9.17, 15) is 9.90 Å². The molecule has 98 valence electrons. The normalized spacial score (nSPS) is 21.4. The van der Waals surface area contributed by atoms with Crippen molar-refractivity contribution in [2.24, 2.45) is 5.92 Å². The number of hydrogen-bond donors (Lipinski definition) is 2. The lowest BCUT2D eigenvalue weighted by Crippen LogP contribution is -2.64. The molecule has 5 nitrogen and oxygen atoms in total. The molecule has 1 aromatic heterocycles.